The highest BCUT2D eigenvalue weighted by Gasteiger charge is 2.21. The van der Waals surface area contributed by atoms with Crippen LogP contribution in [0.15, 0.2) is 41.8 Å². The maximum absolute atomic E-state index is 9.35. The number of hydrogen-bond donors (Lipinski definition) is 3. The topological polar surface area (TPSA) is 52.5 Å². The maximum atomic E-state index is 9.35. The van der Waals surface area contributed by atoms with Gasteiger partial charge in [0.25, 0.3) is 0 Å². The van der Waals surface area contributed by atoms with Gasteiger partial charge in [-0.25, -0.2) is 0 Å². The van der Waals surface area contributed by atoms with Crippen LogP contribution in [0.1, 0.15) is 12.5 Å². The number of thiophene rings is 1. The minimum atomic E-state index is -0.648. The van der Waals surface area contributed by atoms with Gasteiger partial charge in [-0.1, -0.05) is 36.4 Å². The molecule has 0 atom stereocenters. The van der Waals surface area contributed by atoms with Crippen LogP contribution in [0.5, 0.6) is 0 Å². The molecule has 0 saturated heterocycles. The number of nitrogens with one attached hydrogen (secondary N) is 1. The van der Waals surface area contributed by atoms with Crippen LogP contribution in [0.25, 0.3) is 20.9 Å². The van der Waals surface area contributed by atoms with E-state index in [0.717, 1.165) is 0 Å². The molecule has 0 unspecified atom stereocenters. The Bertz CT molecular complexity index is 768. The zero-order chi connectivity index (χ0) is 14.9. The van der Waals surface area contributed by atoms with Gasteiger partial charge in [0, 0.05) is 11.2 Å². The third-order valence-corrected chi connectivity index (χ3v) is 5.03. The van der Waals surface area contributed by atoms with Gasteiger partial charge in [0.05, 0.1) is 18.8 Å². The molecule has 0 bridgehead atoms. The quantitative estimate of drug-likeness (QED) is 0.669. The van der Waals surface area contributed by atoms with Gasteiger partial charge in [0.1, 0.15) is 0 Å². The highest BCUT2D eigenvalue weighted by atomic mass is 35.5. The molecule has 0 saturated carbocycles. The summed E-state index contributed by atoms with van der Waals surface area (Å²) in [5.41, 5.74) is 0.555. The fourth-order valence-electron chi connectivity index (χ4n) is 2.42. The van der Waals surface area contributed by atoms with E-state index < -0.39 is 5.54 Å². The van der Waals surface area contributed by atoms with Gasteiger partial charge in [-0.05, 0) is 34.0 Å². The van der Waals surface area contributed by atoms with Crippen molar-refractivity contribution < 1.29 is 10.2 Å². The molecule has 2 aromatic carbocycles. The molecule has 1 aromatic heterocycles. The van der Waals surface area contributed by atoms with Crippen LogP contribution in [0.3, 0.4) is 0 Å². The van der Waals surface area contributed by atoms with E-state index in [2.05, 4.69) is 47.1 Å². The predicted octanol–water partition coefficient (Wildman–Crippen LogP) is 3.31. The van der Waals surface area contributed by atoms with Gasteiger partial charge >= 0.3 is 0 Å². The molecule has 0 fully saturated rings. The lowest BCUT2D eigenvalue weighted by molar-refractivity contribution is 0.103. The summed E-state index contributed by atoms with van der Waals surface area (Å²) in [5, 5.41) is 27.9. The third kappa shape index (κ3) is 3.12. The fourth-order valence-corrected chi connectivity index (χ4v) is 3.53. The molecular weight excluding hydrogens is 318 g/mol. The molecule has 3 nitrogen and oxygen atoms in total. The highest BCUT2D eigenvalue weighted by molar-refractivity contribution is 7.18. The molecular formula is C17H20ClNO2S. The van der Waals surface area contributed by atoms with Crippen molar-refractivity contribution >= 4 is 44.6 Å². The molecule has 0 amide bonds. The SMILES string of the molecule is CC(CO)(CO)NCc1csc2c1ccc1ccccc12.Cl. The van der Waals surface area contributed by atoms with E-state index in [0.29, 0.717) is 6.54 Å². The molecule has 0 spiro atoms. The molecule has 0 radical (unpaired) electrons. The zero-order valence-electron chi connectivity index (χ0n) is 12.4. The summed E-state index contributed by atoms with van der Waals surface area (Å²) < 4.78 is 1.29. The van der Waals surface area contributed by atoms with Gasteiger partial charge in [-0.15, -0.1) is 23.7 Å². The van der Waals surface area contributed by atoms with Crippen molar-refractivity contribution in [2.24, 2.45) is 0 Å². The Balaban J connectivity index is 0.00000176. The van der Waals surface area contributed by atoms with Crippen molar-refractivity contribution in [2.45, 2.75) is 19.0 Å². The van der Waals surface area contributed by atoms with Crippen LogP contribution in [0.2, 0.25) is 0 Å². The van der Waals surface area contributed by atoms with Crippen LogP contribution in [-0.2, 0) is 6.54 Å². The number of aliphatic hydroxyl groups excluding tert-OH is 2. The molecule has 3 N–H and O–H groups in total. The third-order valence-electron chi connectivity index (χ3n) is 3.95. The Morgan fingerprint density at radius 3 is 2.50 bits per heavy atom. The van der Waals surface area contributed by atoms with Crippen molar-refractivity contribution in [3.63, 3.8) is 0 Å². The van der Waals surface area contributed by atoms with Crippen molar-refractivity contribution in [2.75, 3.05) is 13.2 Å². The van der Waals surface area contributed by atoms with E-state index >= 15 is 0 Å². The minimum Gasteiger partial charge on any atom is -0.394 e. The minimum absolute atomic E-state index is 0. The van der Waals surface area contributed by atoms with Crippen LogP contribution in [-0.4, -0.2) is 29.0 Å². The largest absolute Gasteiger partial charge is 0.394 e. The summed E-state index contributed by atoms with van der Waals surface area (Å²) in [4.78, 5) is 0. The fraction of sp³-hybridized carbons (Fsp3) is 0.294. The predicted molar refractivity (Wildman–Crippen MR) is 96.0 cm³/mol. The Morgan fingerprint density at radius 1 is 1.05 bits per heavy atom. The Hall–Kier alpha value is -1.17. The molecule has 0 aliphatic heterocycles. The van der Waals surface area contributed by atoms with Gasteiger partial charge in [0.2, 0.25) is 0 Å². The first-order valence-electron chi connectivity index (χ1n) is 7.01. The standard InChI is InChI=1S/C17H19NO2S.ClH/c1-17(10-19,11-20)18-8-13-9-21-16-14-5-3-2-4-12(14)6-7-15(13)16;/h2-7,9,18-20H,8,10-11H2,1H3;1H. The molecule has 0 aliphatic rings. The lowest BCUT2D eigenvalue weighted by atomic mass is 10.0. The summed E-state index contributed by atoms with van der Waals surface area (Å²) in [6.07, 6.45) is 0. The second-order valence-corrected chi connectivity index (χ2v) is 6.53. The molecule has 1 heterocycles. The molecule has 0 aliphatic carbocycles. The average molecular weight is 338 g/mol. The van der Waals surface area contributed by atoms with E-state index in [1.54, 1.807) is 11.3 Å². The number of benzene rings is 2. The van der Waals surface area contributed by atoms with E-state index in [4.69, 9.17) is 0 Å². The lowest BCUT2D eigenvalue weighted by Crippen LogP contribution is -2.48. The van der Waals surface area contributed by atoms with Crippen molar-refractivity contribution in [3.8, 4) is 0 Å². The molecule has 3 rings (SSSR count). The number of hydrogen-bond acceptors (Lipinski definition) is 4. The smallest absolute Gasteiger partial charge is 0.0633 e. The maximum Gasteiger partial charge on any atom is 0.0633 e. The second kappa shape index (κ2) is 6.94. The lowest BCUT2D eigenvalue weighted by Gasteiger charge is -2.26. The van der Waals surface area contributed by atoms with Crippen molar-refractivity contribution in [3.05, 3.63) is 47.3 Å². The summed E-state index contributed by atoms with van der Waals surface area (Å²) in [6, 6.07) is 12.7. The number of fused-ring (bicyclic) bond motifs is 3. The molecule has 3 aromatic rings. The molecule has 22 heavy (non-hydrogen) atoms. The van der Waals surface area contributed by atoms with Gasteiger partial charge in [-0.3, -0.25) is 0 Å². The van der Waals surface area contributed by atoms with Crippen LogP contribution in [0.4, 0.5) is 0 Å². The van der Waals surface area contributed by atoms with E-state index in [9.17, 15) is 10.2 Å². The van der Waals surface area contributed by atoms with Crippen molar-refractivity contribution in [1.29, 1.82) is 0 Å². The first-order chi connectivity index (χ1) is 10.2. The Labute approximate surface area is 140 Å². The average Bonchev–Trinajstić information content (AvgIpc) is 2.96. The summed E-state index contributed by atoms with van der Waals surface area (Å²) in [7, 11) is 0. The van der Waals surface area contributed by atoms with E-state index in [-0.39, 0.29) is 25.6 Å². The van der Waals surface area contributed by atoms with Gasteiger partial charge < -0.3 is 15.5 Å². The molecule has 118 valence electrons. The Morgan fingerprint density at radius 2 is 1.77 bits per heavy atom. The van der Waals surface area contributed by atoms with Gasteiger partial charge in [-0.2, -0.15) is 0 Å². The summed E-state index contributed by atoms with van der Waals surface area (Å²) >= 11 is 1.74. The summed E-state index contributed by atoms with van der Waals surface area (Å²) in [5.74, 6) is 0. The first-order valence-corrected chi connectivity index (χ1v) is 7.89. The van der Waals surface area contributed by atoms with Crippen LogP contribution >= 0.6 is 23.7 Å². The van der Waals surface area contributed by atoms with Crippen LogP contribution < -0.4 is 5.32 Å². The number of rotatable bonds is 5. The number of halogens is 1. The normalized spacial score (nSPS) is 11.8. The highest BCUT2D eigenvalue weighted by Crippen LogP contribution is 2.33. The Kier molecular flexibility index (Phi) is 5.42. The van der Waals surface area contributed by atoms with E-state index in [1.165, 1.54) is 26.4 Å². The van der Waals surface area contributed by atoms with E-state index in [1.807, 2.05) is 6.92 Å². The first kappa shape index (κ1) is 17.2. The monoisotopic (exact) mass is 337 g/mol. The van der Waals surface area contributed by atoms with Gasteiger partial charge in [0.15, 0.2) is 0 Å². The number of aliphatic hydroxyl groups is 2. The van der Waals surface area contributed by atoms with Crippen LogP contribution in [0, 0.1) is 0 Å². The molecule has 5 heteroatoms. The zero-order valence-corrected chi connectivity index (χ0v) is 14.0. The van der Waals surface area contributed by atoms with Crippen molar-refractivity contribution in [1.82, 2.24) is 5.32 Å². The second-order valence-electron chi connectivity index (χ2n) is 5.65. The summed E-state index contributed by atoms with van der Waals surface area (Å²) in [6.45, 7) is 2.27.